The molecule has 0 saturated carbocycles. The van der Waals surface area contributed by atoms with E-state index in [0.29, 0.717) is 31.8 Å². The molecular formula is C42H83N2O16S-. The van der Waals surface area contributed by atoms with Gasteiger partial charge >= 0.3 is 17.9 Å². The number of nitrogens with zero attached hydrogens (tertiary/aromatic N) is 1. The van der Waals surface area contributed by atoms with Crippen molar-refractivity contribution in [3.8, 4) is 0 Å². The molecule has 0 aromatic carbocycles. The number of pyridine rings is 1. The van der Waals surface area contributed by atoms with Gasteiger partial charge in [0, 0.05) is 17.6 Å². The van der Waals surface area contributed by atoms with Crippen LogP contribution in [0.1, 0.15) is 115 Å². The third-order valence-electron chi connectivity index (χ3n) is 6.76. The van der Waals surface area contributed by atoms with Crippen LogP contribution >= 0.6 is 0 Å². The van der Waals surface area contributed by atoms with Crippen molar-refractivity contribution < 1.29 is 76.6 Å². The summed E-state index contributed by atoms with van der Waals surface area (Å²) in [6.45, 7) is 25.2. The number of carbonyl (C=O) groups excluding carboxylic acids is 3. The minimum Gasteiger partial charge on any atom is -0.748 e. The van der Waals surface area contributed by atoms with Crippen molar-refractivity contribution in [2.45, 2.75) is 133 Å². The highest BCUT2D eigenvalue weighted by molar-refractivity contribution is 7.86. The molecule has 1 aromatic rings. The van der Waals surface area contributed by atoms with Gasteiger partial charge in [-0.15, -0.1) is 0 Å². The summed E-state index contributed by atoms with van der Waals surface area (Å²) >= 11 is 0. The van der Waals surface area contributed by atoms with Gasteiger partial charge in [-0.2, -0.15) is 0 Å². The zero-order valence-electron chi connectivity index (χ0n) is 39.6. The number of carbonyl (C=O) groups is 3. The van der Waals surface area contributed by atoms with Gasteiger partial charge in [0.25, 0.3) is 0 Å². The lowest BCUT2D eigenvalue weighted by Gasteiger charge is -2.26. The molecule has 0 bridgehead atoms. The molecule has 0 aliphatic heterocycles. The molecule has 0 radical (unpaired) electrons. The Morgan fingerprint density at radius 1 is 0.705 bits per heavy atom. The second kappa shape index (κ2) is 38.8. The van der Waals surface area contributed by atoms with E-state index in [4.69, 9.17) is 34.5 Å². The molecule has 0 spiro atoms. The first kappa shape index (κ1) is 67.2. The third-order valence-corrected chi connectivity index (χ3v) is 7.92. The Balaban J connectivity index is -0.000000248. The number of aliphatic hydroxyl groups is 5. The van der Waals surface area contributed by atoms with Crippen LogP contribution in [0.25, 0.3) is 0 Å². The minimum absolute atomic E-state index is 0.0850. The van der Waals surface area contributed by atoms with Crippen molar-refractivity contribution in [1.82, 2.24) is 4.98 Å². The van der Waals surface area contributed by atoms with Gasteiger partial charge in [0.15, 0.2) is 0 Å². The average Bonchev–Trinajstić information content (AvgIpc) is 3.16. The topological polar surface area (TPSA) is 295 Å². The first-order chi connectivity index (χ1) is 28.0. The summed E-state index contributed by atoms with van der Waals surface area (Å²) in [5.41, 5.74) is 3.37. The SMILES string of the molecule is CC(C)C.CC(C)N.CC(C)OC(=O)C(COC(=O)C(C)(CO)CO)COC(=O)C(C)(CO)CO.CC(C)OCCOCCO.CC(C)S(=O)(=O)[O-].CC(C)c1ccncc1. The van der Waals surface area contributed by atoms with Crippen molar-refractivity contribution >= 4 is 28.0 Å². The van der Waals surface area contributed by atoms with E-state index in [1.807, 2.05) is 52.2 Å². The molecule has 1 rings (SSSR count). The van der Waals surface area contributed by atoms with Crippen LogP contribution in [0.4, 0.5) is 0 Å². The molecule has 18 nitrogen and oxygen atoms in total. The Hall–Kier alpha value is -2.85. The first-order valence-corrected chi connectivity index (χ1v) is 21.8. The number of esters is 3. The van der Waals surface area contributed by atoms with Gasteiger partial charge in [0.1, 0.15) is 30.0 Å². The summed E-state index contributed by atoms with van der Waals surface area (Å²) in [5, 5.41) is 44.3. The van der Waals surface area contributed by atoms with E-state index >= 15 is 0 Å². The molecule has 0 aliphatic carbocycles. The van der Waals surface area contributed by atoms with E-state index in [-0.39, 0.29) is 12.7 Å². The van der Waals surface area contributed by atoms with Crippen molar-refractivity contribution in [3.63, 3.8) is 0 Å². The molecule has 0 atom stereocenters. The lowest BCUT2D eigenvalue weighted by Crippen LogP contribution is -2.41. The molecule has 19 heteroatoms. The highest BCUT2D eigenvalue weighted by Gasteiger charge is 2.37. The number of aromatic nitrogens is 1. The second-order valence-electron chi connectivity index (χ2n) is 16.3. The average molecular weight is 904 g/mol. The maximum absolute atomic E-state index is 12.2. The maximum atomic E-state index is 12.2. The Morgan fingerprint density at radius 3 is 1.31 bits per heavy atom. The zero-order valence-corrected chi connectivity index (χ0v) is 40.4. The van der Waals surface area contributed by atoms with Crippen LogP contribution in [0, 0.1) is 22.7 Å². The molecule has 0 fully saturated rings. The molecule has 61 heavy (non-hydrogen) atoms. The van der Waals surface area contributed by atoms with Gasteiger partial charge in [-0.3, -0.25) is 19.4 Å². The number of ether oxygens (including phenoxy) is 5. The van der Waals surface area contributed by atoms with Crippen LogP contribution < -0.4 is 5.73 Å². The lowest BCUT2D eigenvalue weighted by atomic mass is 9.93. The molecule has 0 amide bonds. The van der Waals surface area contributed by atoms with Crippen LogP contribution in [-0.2, 0) is 48.2 Å². The van der Waals surface area contributed by atoms with Crippen molar-refractivity contribution in [2.24, 2.45) is 28.4 Å². The summed E-state index contributed by atoms with van der Waals surface area (Å²) < 4.78 is 54.4. The summed E-state index contributed by atoms with van der Waals surface area (Å²) in [6, 6.07) is 4.43. The number of nitrogens with two attached hydrogens (primary N) is 1. The zero-order chi connectivity index (χ0) is 49.0. The second-order valence-corrected chi connectivity index (χ2v) is 18.3. The van der Waals surface area contributed by atoms with Crippen LogP contribution in [0.5, 0.6) is 0 Å². The molecule has 0 saturated heterocycles. The predicted octanol–water partition coefficient (Wildman–Crippen LogP) is 3.20. The third kappa shape index (κ3) is 42.2. The first-order valence-electron chi connectivity index (χ1n) is 20.4. The normalized spacial score (nSPS) is 11.3. The minimum atomic E-state index is -3.99. The highest BCUT2D eigenvalue weighted by Crippen LogP contribution is 2.20. The van der Waals surface area contributed by atoms with Gasteiger partial charge in [0.2, 0.25) is 0 Å². The smallest absolute Gasteiger partial charge is 0.316 e. The summed E-state index contributed by atoms with van der Waals surface area (Å²) in [6.07, 6.45) is 3.45. The van der Waals surface area contributed by atoms with Crippen LogP contribution in [-0.4, -0.2) is 151 Å². The van der Waals surface area contributed by atoms with E-state index in [2.05, 4.69) is 39.6 Å². The molecular weight excluding hydrogens is 821 g/mol. The van der Waals surface area contributed by atoms with Gasteiger partial charge in [-0.1, -0.05) is 48.5 Å². The van der Waals surface area contributed by atoms with E-state index in [1.54, 1.807) is 13.8 Å². The Bertz CT molecular complexity index is 1260. The molecule has 0 aliphatic rings. The van der Waals surface area contributed by atoms with Crippen LogP contribution in [0.2, 0.25) is 0 Å². The van der Waals surface area contributed by atoms with Crippen molar-refractivity contribution in [1.29, 1.82) is 0 Å². The Morgan fingerprint density at radius 2 is 1.07 bits per heavy atom. The monoisotopic (exact) mass is 904 g/mol. The van der Waals surface area contributed by atoms with Gasteiger partial charge in [-0.25, -0.2) is 8.42 Å². The molecule has 1 heterocycles. The number of hydrogen-bond acceptors (Lipinski definition) is 18. The summed E-state index contributed by atoms with van der Waals surface area (Å²) in [4.78, 5) is 40.1. The maximum Gasteiger partial charge on any atom is 0.316 e. The van der Waals surface area contributed by atoms with E-state index in [0.717, 1.165) is 5.92 Å². The fourth-order valence-electron chi connectivity index (χ4n) is 2.83. The van der Waals surface area contributed by atoms with Gasteiger partial charge < -0.3 is 59.5 Å². The lowest BCUT2D eigenvalue weighted by molar-refractivity contribution is -0.172. The Labute approximate surface area is 366 Å². The molecule has 0 unspecified atom stereocenters. The van der Waals surface area contributed by atoms with Gasteiger partial charge in [0.05, 0.1) is 75.2 Å². The molecule has 364 valence electrons. The highest BCUT2D eigenvalue weighted by atomic mass is 32.2. The standard InChI is InChI=1S/C17H30O10.C8H11N.C7H16O3.C4H10.C3H9N.C3H8O3S/c1-11(2)27-13(22)12(5-25-14(23)16(3,7-18)8-19)6-26-15(24)17(4,9-20)10-21;1-7(2)8-3-5-9-6-4-8;1-7(2)10-6-5-9-4-3-8;1-4(2)3;1-3(2)4;1-3(2)7(4,5)6/h11-12,18-21H,5-10H2,1-4H3;3-7H,1-2H3;7-8H,3-6H2,1-2H3;4H,1-3H3;3H,4H2,1-2H3;3H,1-2H3,(H,4,5,6)/p-1. The van der Waals surface area contributed by atoms with Gasteiger partial charge in [-0.05, 0) is 91.0 Å². The fraction of sp³-hybridized carbons (Fsp3) is 0.810. The van der Waals surface area contributed by atoms with E-state index in [9.17, 15) is 47.8 Å². The summed E-state index contributed by atoms with van der Waals surface area (Å²) in [7, 11) is -3.99. The number of hydrogen-bond donors (Lipinski definition) is 6. The van der Waals surface area contributed by atoms with E-state index < -0.39 is 95.8 Å². The van der Waals surface area contributed by atoms with Crippen LogP contribution in [0.3, 0.4) is 0 Å². The van der Waals surface area contributed by atoms with Crippen molar-refractivity contribution in [3.05, 3.63) is 30.1 Å². The quantitative estimate of drug-likeness (QED) is 0.0474. The van der Waals surface area contributed by atoms with Crippen LogP contribution in [0.15, 0.2) is 24.5 Å². The number of rotatable bonds is 20. The molecule has 7 N–H and O–H groups in total. The van der Waals surface area contributed by atoms with Crippen molar-refractivity contribution in [2.75, 3.05) is 66.1 Å². The summed E-state index contributed by atoms with van der Waals surface area (Å²) in [5.74, 6) is -2.36. The largest absolute Gasteiger partial charge is 0.748 e. The number of aliphatic hydroxyl groups excluding tert-OH is 5. The predicted molar refractivity (Wildman–Crippen MR) is 233 cm³/mol. The van der Waals surface area contributed by atoms with E-state index in [1.165, 1.54) is 33.3 Å². The molecule has 1 aromatic heterocycles. The fourth-order valence-corrected chi connectivity index (χ4v) is 2.83. The Kier molecular flexibility index (Phi) is 42.8.